The summed E-state index contributed by atoms with van der Waals surface area (Å²) in [6.45, 7) is 4.76. The molecule has 10 aromatic carbocycles. The van der Waals surface area contributed by atoms with Gasteiger partial charge in [-0.25, -0.2) is 0 Å². The third-order valence-corrected chi connectivity index (χ3v) is 15.6. The van der Waals surface area contributed by atoms with Crippen molar-refractivity contribution in [2.24, 2.45) is 0 Å². The molecule has 0 unspecified atom stereocenters. The van der Waals surface area contributed by atoms with E-state index in [-0.39, 0.29) is 5.41 Å². The Morgan fingerprint density at radius 1 is 0.313 bits per heavy atom. The number of hydrogen-bond acceptors (Lipinski definition) is 2. The summed E-state index contributed by atoms with van der Waals surface area (Å²) in [7, 11) is 0. The summed E-state index contributed by atoms with van der Waals surface area (Å²) in [6.07, 6.45) is 0. The lowest BCUT2D eigenvalue weighted by Gasteiger charge is -2.39. The van der Waals surface area contributed by atoms with Gasteiger partial charge >= 0.3 is 0 Å². The molecule has 1 heterocycles. The van der Waals surface area contributed by atoms with Crippen LogP contribution in [0.2, 0.25) is 0 Å². The third-order valence-electron chi connectivity index (χ3n) is 15.6. The van der Waals surface area contributed by atoms with Crippen molar-refractivity contribution in [2.45, 2.75) is 30.1 Å². The summed E-state index contributed by atoms with van der Waals surface area (Å²) < 4.78 is 6.75. The fourth-order valence-corrected chi connectivity index (χ4v) is 12.9. The summed E-state index contributed by atoms with van der Waals surface area (Å²) >= 11 is 0. The van der Waals surface area contributed by atoms with E-state index >= 15 is 0 Å². The van der Waals surface area contributed by atoms with Gasteiger partial charge in [0, 0.05) is 33.5 Å². The highest BCUT2D eigenvalue weighted by Crippen LogP contribution is 2.65. The van der Waals surface area contributed by atoms with E-state index in [1.807, 2.05) is 0 Å². The first-order chi connectivity index (χ1) is 33.0. The second kappa shape index (κ2) is 13.9. The Morgan fingerprint density at radius 3 is 1.36 bits per heavy atom. The Hall–Kier alpha value is -8.20. The van der Waals surface area contributed by atoms with Gasteiger partial charge in [0.25, 0.3) is 0 Å². The molecule has 2 heteroatoms. The molecule has 0 saturated heterocycles. The molecule has 0 radical (unpaired) electrons. The van der Waals surface area contributed by atoms with Crippen LogP contribution in [0, 0.1) is 0 Å². The van der Waals surface area contributed by atoms with Crippen LogP contribution in [0.4, 0.5) is 17.1 Å². The second-order valence-electron chi connectivity index (χ2n) is 19.1. The van der Waals surface area contributed by atoms with Crippen molar-refractivity contribution in [3.05, 3.63) is 292 Å². The normalized spacial score (nSPS) is 15.2. The number of anilines is 3. The molecule has 0 bridgehead atoms. The van der Waals surface area contributed by atoms with Gasteiger partial charge in [-0.15, -0.1) is 0 Å². The minimum absolute atomic E-state index is 0.187. The minimum atomic E-state index is -0.601. The highest BCUT2D eigenvalue weighted by Gasteiger charge is 2.52. The molecule has 10 aromatic rings. The summed E-state index contributed by atoms with van der Waals surface area (Å²) in [5.41, 5.74) is 22.3. The molecule has 2 nitrogen and oxygen atoms in total. The van der Waals surface area contributed by atoms with Gasteiger partial charge in [0.1, 0.15) is 11.5 Å². The Kier molecular flexibility index (Phi) is 7.91. The fraction of sp³-hybridized carbons (Fsp3) is 0.0769. The molecule has 0 aromatic heterocycles. The highest BCUT2D eigenvalue weighted by molar-refractivity contribution is 6.00. The zero-order valence-corrected chi connectivity index (χ0v) is 37.4. The number of nitrogens with zero attached hydrogens (tertiary/aromatic N) is 1. The number of fused-ring (bicyclic) bond motifs is 15. The summed E-state index contributed by atoms with van der Waals surface area (Å²) in [5, 5.41) is 0. The summed E-state index contributed by atoms with van der Waals surface area (Å²) in [5.74, 6) is 1.78. The van der Waals surface area contributed by atoms with Gasteiger partial charge in [0.15, 0.2) is 0 Å². The van der Waals surface area contributed by atoms with Crippen molar-refractivity contribution in [3.63, 3.8) is 0 Å². The molecule has 0 amide bonds. The van der Waals surface area contributed by atoms with Crippen LogP contribution in [0.5, 0.6) is 11.5 Å². The monoisotopic (exact) mass is 855 g/mol. The number of para-hydroxylation sites is 2. The van der Waals surface area contributed by atoms with Crippen molar-refractivity contribution >= 4 is 17.1 Å². The van der Waals surface area contributed by atoms with Gasteiger partial charge in [0.2, 0.25) is 0 Å². The maximum absolute atomic E-state index is 6.75. The fourth-order valence-electron chi connectivity index (χ4n) is 12.9. The van der Waals surface area contributed by atoms with Gasteiger partial charge in [-0.2, -0.15) is 0 Å². The summed E-state index contributed by atoms with van der Waals surface area (Å²) in [6, 6.07) is 88.1. The lowest BCUT2D eigenvalue weighted by atomic mass is 9.66. The Morgan fingerprint density at radius 2 is 0.746 bits per heavy atom. The lowest BCUT2D eigenvalue weighted by molar-refractivity contribution is 0.436. The van der Waals surface area contributed by atoms with Crippen molar-refractivity contribution in [1.82, 2.24) is 0 Å². The van der Waals surface area contributed by atoms with Crippen LogP contribution >= 0.6 is 0 Å². The van der Waals surface area contributed by atoms with Gasteiger partial charge in [-0.3, -0.25) is 0 Å². The van der Waals surface area contributed by atoms with Gasteiger partial charge in [-0.1, -0.05) is 208 Å². The van der Waals surface area contributed by atoms with Crippen LogP contribution in [0.1, 0.15) is 69.5 Å². The molecule has 0 N–H and O–H groups in total. The van der Waals surface area contributed by atoms with E-state index < -0.39 is 10.8 Å². The maximum Gasteiger partial charge on any atom is 0.132 e. The maximum atomic E-state index is 6.75. The van der Waals surface area contributed by atoms with Crippen LogP contribution in [0.25, 0.3) is 33.4 Å². The molecule has 316 valence electrons. The summed E-state index contributed by atoms with van der Waals surface area (Å²) in [4.78, 5) is 2.56. The number of rotatable bonds is 5. The average Bonchev–Trinajstić information content (AvgIpc) is 3.94. The molecular formula is C65H45NO. The molecule has 0 saturated carbocycles. The number of hydrogen-bond donors (Lipinski definition) is 0. The molecule has 14 rings (SSSR count). The first-order valence-corrected chi connectivity index (χ1v) is 23.5. The van der Waals surface area contributed by atoms with E-state index in [0.29, 0.717) is 0 Å². The molecule has 1 aliphatic heterocycles. The van der Waals surface area contributed by atoms with Crippen molar-refractivity contribution in [1.29, 1.82) is 0 Å². The van der Waals surface area contributed by atoms with E-state index in [4.69, 9.17) is 4.74 Å². The Labute approximate surface area is 392 Å². The van der Waals surface area contributed by atoms with E-state index in [9.17, 15) is 0 Å². The molecule has 67 heavy (non-hydrogen) atoms. The number of ether oxygens (including phenoxy) is 1. The predicted molar refractivity (Wildman–Crippen MR) is 273 cm³/mol. The first kappa shape index (κ1) is 38.1. The van der Waals surface area contributed by atoms with E-state index in [1.165, 1.54) is 77.9 Å². The van der Waals surface area contributed by atoms with E-state index in [1.54, 1.807) is 0 Å². The quantitative estimate of drug-likeness (QED) is 0.171. The van der Waals surface area contributed by atoms with E-state index in [0.717, 1.165) is 39.7 Å². The van der Waals surface area contributed by atoms with Crippen LogP contribution in [0.15, 0.2) is 237 Å². The molecule has 3 aliphatic carbocycles. The third kappa shape index (κ3) is 4.94. The van der Waals surface area contributed by atoms with Gasteiger partial charge in [-0.05, 0) is 115 Å². The van der Waals surface area contributed by atoms with Gasteiger partial charge < -0.3 is 9.64 Å². The Balaban J connectivity index is 1.08. The Bertz CT molecular complexity index is 3570. The van der Waals surface area contributed by atoms with Crippen molar-refractivity contribution < 1.29 is 4.74 Å². The van der Waals surface area contributed by atoms with Gasteiger partial charge in [0.05, 0.1) is 16.5 Å². The highest BCUT2D eigenvalue weighted by atomic mass is 16.5. The zero-order chi connectivity index (χ0) is 44.5. The largest absolute Gasteiger partial charge is 0.457 e. The lowest BCUT2D eigenvalue weighted by Crippen LogP contribution is -2.32. The molecule has 4 aliphatic rings. The average molecular weight is 856 g/mol. The molecule has 0 atom stereocenters. The first-order valence-electron chi connectivity index (χ1n) is 23.5. The smallest absolute Gasteiger partial charge is 0.132 e. The number of benzene rings is 10. The van der Waals surface area contributed by atoms with Crippen LogP contribution < -0.4 is 9.64 Å². The molecule has 0 fully saturated rings. The van der Waals surface area contributed by atoms with Crippen LogP contribution in [0.3, 0.4) is 0 Å². The second-order valence-corrected chi connectivity index (χ2v) is 19.1. The van der Waals surface area contributed by atoms with Crippen molar-refractivity contribution in [3.8, 4) is 44.9 Å². The van der Waals surface area contributed by atoms with Crippen LogP contribution in [-0.4, -0.2) is 0 Å². The van der Waals surface area contributed by atoms with Crippen molar-refractivity contribution in [2.75, 3.05) is 4.90 Å². The minimum Gasteiger partial charge on any atom is -0.457 e. The molecular weight excluding hydrogens is 811 g/mol. The van der Waals surface area contributed by atoms with E-state index in [2.05, 4.69) is 255 Å². The zero-order valence-electron chi connectivity index (χ0n) is 37.4. The topological polar surface area (TPSA) is 12.5 Å². The van der Waals surface area contributed by atoms with Crippen LogP contribution in [-0.2, 0) is 16.2 Å². The standard InChI is InChI=1S/C65H45NO/c1-63(2)51-27-12-9-24-46(51)48-38-36-44(40-57(48)63)66(45-37-39-49-47-25-10-13-28-52(47)64(58(49)41-45,42-20-5-3-6-21-42)43-22-7-4-8-23-43)59-33-19-32-56-62(59)50-26-11-14-29-53(50)65(56)54-30-15-17-34-60(54)67-61-35-18-16-31-55(61)65/h3-41H,1-2H3. The predicted octanol–water partition coefficient (Wildman–Crippen LogP) is 16.3. The SMILES string of the molecule is CC1(C)c2ccccc2-c2ccc(N(c3ccc4c(c3)C(c3ccccc3)(c3ccccc3)c3ccccc3-4)c3cccc4c3-c3ccccc3C43c4ccccc4Oc4ccccc43)cc21. The molecule has 1 spiro atoms.